The molecule has 0 heterocycles. The first kappa shape index (κ1) is 19.3. The van der Waals surface area contributed by atoms with E-state index in [1.165, 1.54) is 5.56 Å². The van der Waals surface area contributed by atoms with E-state index < -0.39 is 0 Å². The van der Waals surface area contributed by atoms with Crippen molar-refractivity contribution < 1.29 is 0 Å². The lowest BCUT2D eigenvalue weighted by Crippen LogP contribution is -2.14. The number of aliphatic imine (C=N–C) groups is 1. The minimum atomic E-state index is 0.146. The number of halogens is 1. The first-order valence-electron chi connectivity index (χ1n) is 8.63. The summed E-state index contributed by atoms with van der Waals surface area (Å²) in [7, 11) is 1.99. The molecule has 0 bridgehead atoms. The molecule has 25 heavy (non-hydrogen) atoms. The number of nitrogens with one attached hydrogen (secondary N) is 1. The first-order valence-corrected chi connectivity index (χ1v) is 9.00. The van der Waals surface area contributed by atoms with E-state index in [4.69, 9.17) is 11.6 Å². The number of hydrogen-bond acceptors (Lipinski definition) is 2. The molecule has 0 fully saturated rings. The lowest BCUT2D eigenvalue weighted by molar-refractivity contribution is 0.552. The van der Waals surface area contributed by atoms with E-state index in [0.717, 1.165) is 29.2 Å². The van der Waals surface area contributed by atoms with Crippen molar-refractivity contribution in [2.45, 2.75) is 40.0 Å². The third-order valence-corrected chi connectivity index (χ3v) is 4.52. The first-order chi connectivity index (χ1) is 11.7. The highest BCUT2D eigenvalue weighted by Crippen LogP contribution is 2.36. The molecule has 0 amide bonds. The minimum absolute atomic E-state index is 0.146. The Kier molecular flexibility index (Phi) is 6.12. The average molecular weight is 358 g/mol. The predicted molar refractivity (Wildman–Crippen MR) is 111 cm³/mol. The van der Waals surface area contributed by atoms with Crippen molar-refractivity contribution in [3.8, 4) is 0 Å². The summed E-state index contributed by atoms with van der Waals surface area (Å²) in [6, 6.07) is 12.5. The summed E-state index contributed by atoms with van der Waals surface area (Å²) in [5, 5.41) is 4.05. The molecule has 0 aromatic heterocycles. The van der Waals surface area contributed by atoms with E-state index in [-0.39, 0.29) is 5.41 Å². The Hall–Kier alpha value is -2.00. The largest absolute Gasteiger partial charge is 0.366 e. The maximum absolute atomic E-state index is 6.57. The van der Waals surface area contributed by atoms with Crippen molar-refractivity contribution in [2.75, 3.05) is 18.9 Å². The summed E-state index contributed by atoms with van der Waals surface area (Å²) in [6.45, 7) is 11.7. The van der Waals surface area contributed by atoms with Crippen molar-refractivity contribution in [1.29, 1.82) is 0 Å². The van der Waals surface area contributed by atoms with E-state index in [1.54, 1.807) is 0 Å². The molecule has 2 aromatic rings. The van der Waals surface area contributed by atoms with Crippen molar-refractivity contribution in [2.24, 2.45) is 4.99 Å². The van der Waals surface area contributed by atoms with Crippen LogP contribution in [0.1, 0.15) is 38.8 Å². The van der Waals surface area contributed by atoms with Crippen LogP contribution in [0.3, 0.4) is 0 Å². The van der Waals surface area contributed by atoms with Crippen LogP contribution in [0.25, 0.3) is 0 Å². The average Bonchev–Trinajstić information content (AvgIpc) is 2.55. The molecule has 3 nitrogen and oxygen atoms in total. The summed E-state index contributed by atoms with van der Waals surface area (Å²) in [6.07, 6.45) is 1.81. The van der Waals surface area contributed by atoms with E-state index in [9.17, 15) is 0 Å². The fraction of sp³-hybridized carbons (Fsp3) is 0.381. The van der Waals surface area contributed by atoms with Crippen LogP contribution in [0.4, 0.5) is 17.1 Å². The second kappa shape index (κ2) is 7.92. The molecule has 0 aliphatic heterocycles. The molecule has 0 aliphatic rings. The second-order valence-electron chi connectivity index (χ2n) is 7.42. The molecule has 134 valence electrons. The summed E-state index contributed by atoms with van der Waals surface area (Å²) >= 11 is 6.57. The lowest BCUT2D eigenvalue weighted by Gasteiger charge is -2.19. The highest BCUT2D eigenvalue weighted by molar-refractivity contribution is 6.36. The van der Waals surface area contributed by atoms with Gasteiger partial charge in [0, 0.05) is 19.3 Å². The fourth-order valence-corrected chi connectivity index (χ4v) is 2.59. The molecule has 2 rings (SSSR count). The number of benzene rings is 2. The van der Waals surface area contributed by atoms with Gasteiger partial charge in [-0.2, -0.15) is 0 Å². The monoisotopic (exact) mass is 357 g/mol. The third kappa shape index (κ3) is 5.23. The van der Waals surface area contributed by atoms with Gasteiger partial charge in [0.1, 0.15) is 0 Å². The van der Waals surface area contributed by atoms with Gasteiger partial charge in [-0.1, -0.05) is 44.5 Å². The van der Waals surface area contributed by atoms with Gasteiger partial charge in [-0.05, 0) is 54.7 Å². The van der Waals surface area contributed by atoms with Gasteiger partial charge in [-0.15, -0.1) is 0 Å². The molecule has 0 radical (unpaired) electrons. The van der Waals surface area contributed by atoms with Crippen LogP contribution in [-0.4, -0.2) is 24.8 Å². The van der Waals surface area contributed by atoms with Gasteiger partial charge in [0.15, 0.2) is 0 Å². The molecule has 4 heteroatoms. The Labute approximate surface area is 156 Å². The van der Waals surface area contributed by atoms with Crippen LogP contribution in [0.15, 0.2) is 41.4 Å². The molecule has 0 aliphatic carbocycles. The molecule has 0 atom stereocenters. The summed E-state index contributed by atoms with van der Waals surface area (Å²) in [5.41, 5.74) is 5.23. The Morgan fingerprint density at radius 2 is 1.80 bits per heavy atom. The minimum Gasteiger partial charge on any atom is -0.366 e. The van der Waals surface area contributed by atoms with Crippen LogP contribution >= 0.6 is 11.6 Å². The Bertz CT molecular complexity index is 743. The molecule has 1 N–H and O–H groups in total. The van der Waals surface area contributed by atoms with Gasteiger partial charge in [-0.3, -0.25) is 0 Å². The number of rotatable bonds is 5. The van der Waals surface area contributed by atoms with Gasteiger partial charge in [0.25, 0.3) is 0 Å². The molecule has 0 saturated heterocycles. The van der Waals surface area contributed by atoms with Crippen molar-refractivity contribution in [3.05, 3.63) is 52.5 Å². The Morgan fingerprint density at radius 3 is 2.36 bits per heavy atom. The summed E-state index contributed by atoms with van der Waals surface area (Å²) < 4.78 is 0. The maximum atomic E-state index is 6.57. The zero-order valence-electron chi connectivity index (χ0n) is 16.0. The van der Waals surface area contributed by atoms with E-state index in [2.05, 4.69) is 62.3 Å². The number of nitrogens with zero attached hydrogens (tertiary/aromatic N) is 2. The molecule has 0 unspecified atom stereocenters. The highest BCUT2D eigenvalue weighted by atomic mass is 35.5. The van der Waals surface area contributed by atoms with Crippen LogP contribution < -0.4 is 5.32 Å². The molecule has 2 aromatic carbocycles. The van der Waals surface area contributed by atoms with Gasteiger partial charge >= 0.3 is 0 Å². The molecular weight excluding hydrogens is 330 g/mol. The van der Waals surface area contributed by atoms with Gasteiger partial charge in [-0.25, -0.2) is 4.99 Å². The molecule has 0 saturated carbocycles. The van der Waals surface area contributed by atoms with Crippen molar-refractivity contribution in [3.63, 3.8) is 0 Å². The fourth-order valence-electron chi connectivity index (χ4n) is 2.39. The van der Waals surface area contributed by atoms with Crippen LogP contribution in [0, 0.1) is 6.92 Å². The second-order valence-corrected chi connectivity index (χ2v) is 7.79. The standard InChI is InChI=1S/C21H28ClN3/c1-7-25(6)14-23-18-12-15(2)13-19(20(18)22)24-17-10-8-16(9-11-17)21(3,4)5/h8-14,24H,7H2,1-6H3. The lowest BCUT2D eigenvalue weighted by atomic mass is 9.87. The van der Waals surface area contributed by atoms with Crippen molar-refractivity contribution >= 4 is 35.0 Å². The summed E-state index contributed by atoms with van der Waals surface area (Å²) in [5.74, 6) is 0. The van der Waals surface area contributed by atoms with E-state index in [0.29, 0.717) is 5.02 Å². The highest BCUT2D eigenvalue weighted by Gasteiger charge is 2.13. The Balaban J connectivity index is 2.27. The molecular formula is C21H28ClN3. The topological polar surface area (TPSA) is 27.6 Å². The van der Waals surface area contributed by atoms with E-state index in [1.807, 2.05) is 37.3 Å². The van der Waals surface area contributed by atoms with Crippen LogP contribution in [0.2, 0.25) is 5.02 Å². The quantitative estimate of drug-likeness (QED) is 0.502. The predicted octanol–water partition coefficient (Wildman–Crippen LogP) is 6.30. The van der Waals surface area contributed by atoms with Crippen molar-refractivity contribution in [1.82, 2.24) is 4.90 Å². The number of anilines is 2. The molecule has 0 spiro atoms. The number of aryl methyl sites for hydroxylation is 1. The SMILES string of the molecule is CCN(C)C=Nc1cc(C)cc(Nc2ccc(C(C)(C)C)cc2)c1Cl. The maximum Gasteiger partial charge on any atom is 0.0910 e. The summed E-state index contributed by atoms with van der Waals surface area (Å²) in [4.78, 5) is 6.53. The normalized spacial score (nSPS) is 11.8. The Morgan fingerprint density at radius 1 is 1.16 bits per heavy atom. The van der Waals surface area contributed by atoms with Gasteiger partial charge in [0.05, 0.1) is 22.7 Å². The zero-order chi connectivity index (χ0) is 18.6. The zero-order valence-corrected chi connectivity index (χ0v) is 16.8. The smallest absolute Gasteiger partial charge is 0.0910 e. The third-order valence-electron chi connectivity index (χ3n) is 4.12. The van der Waals surface area contributed by atoms with Gasteiger partial charge < -0.3 is 10.2 Å². The van der Waals surface area contributed by atoms with E-state index >= 15 is 0 Å². The number of hydrogen-bond donors (Lipinski definition) is 1. The van der Waals surface area contributed by atoms with Crippen LogP contribution in [-0.2, 0) is 5.41 Å². The van der Waals surface area contributed by atoms with Gasteiger partial charge in [0.2, 0.25) is 0 Å². The van der Waals surface area contributed by atoms with Crippen LogP contribution in [0.5, 0.6) is 0 Å².